The SMILES string of the molecule is COc1ccc(OC)c(CN2CCN(c3cccc4c3C(=O)N(Cc3ccccc3F)C4=O)CC2)c1. The summed E-state index contributed by atoms with van der Waals surface area (Å²) in [4.78, 5) is 32.0. The maximum Gasteiger partial charge on any atom is 0.263 e. The third kappa shape index (κ3) is 4.40. The summed E-state index contributed by atoms with van der Waals surface area (Å²) in [6.07, 6.45) is 0. The maximum absolute atomic E-state index is 14.2. The molecule has 0 saturated carbocycles. The number of fused-ring (bicyclic) bond motifs is 1. The van der Waals surface area contributed by atoms with Crippen molar-refractivity contribution in [1.29, 1.82) is 0 Å². The summed E-state index contributed by atoms with van der Waals surface area (Å²) in [5.41, 5.74) is 2.89. The Morgan fingerprint density at radius 2 is 1.58 bits per heavy atom. The lowest BCUT2D eigenvalue weighted by Gasteiger charge is -2.37. The highest BCUT2D eigenvalue weighted by atomic mass is 19.1. The summed E-state index contributed by atoms with van der Waals surface area (Å²) in [6.45, 7) is 3.61. The average Bonchev–Trinajstić information content (AvgIpc) is 3.15. The highest BCUT2D eigenvalue weighted by Gasteiger charge is 2.39. The number of hydrogen-bond acceptors (Lipinski definition) is 6. The van der Waals surface area contributed by atoms with Gasteiger partial charge in [0, 0.05) is 43.9 Å². The molecule has 36 heavy (non-hydrogen) atoms. The van der Waals surface area contributed by atoms with E-state index in [2.05, 4.69) is 9.80 Å². The third-order valence-corrected chi connectivity index (χ3v) is 6.86. The Hall–Kier alpha value is -3.91. The molecule has 1 fully saturated rings. The molecule has 0 spiro atoms. The summed E-state index contributed by atoms with van der Waals surface area (Å²) in [7, 11) is 3.30. The van der Waals surface area contributed by atoms with Crippen molar-refractivity contribution in [3.8, 4) is 11.5 Å². The smallest absolute Gasteiger partial charge is 0.263 e. The average molecular weight is 490 g/mol. The quantitative estimate of drug-likeness (QED) is 0.468. The van der Waals surface area contributed by atoms with Gasteiger partial charge in [-0.25, -0.2) is 4.39 Å². The van der Waals surface area contributed by atoms with Gasteiger partial charge in [-0.2, -0.15) is 0 Å². The number of ether oxygens (including phenoxy) is 2. The molecule has 0 unspecified atom stereocenters. The van der Waals surface area contributed by atoms with Crippen LogP contribution in [0.1, 0.15) is 31.8 Å². The van der Waals surface area contributed by atoms with Crippen molar-refractivity contribution in [2.45, 2.75) is 13.1 Å². The first-order chi connectivity index (χ1) is 17.5. The molecule has 0 N–H and O–H groups in total. The second-order valence-electron chi connectivity index (χ2n) is 8.93. The van der Waals surface area contributed by atoms with Crippen LogP contribution in [0.3, 0.4) is 0 Å². The van der Waals surface area contributed by atoms with E-state index in [9.17, 15) is 14.0 Å². The largest absolute Gasteiger partial charge is 0.497 e. The van der Waals surface area contributed by atoms with Crippen LogP contribution in [0.2, 0.25) is 0 Å². The van der Waals surface area contributed by atoms with Crippen molar-refractivity contribution in [1.82, 2.24) is 9.80 Å². The van der Waals surface area contributed by atoms with Gasteiger partial charge in [-0.1, -0.05) is 24.3 Å². The molecule has 2 amide bonds. The summed E-state index contributed by atoms with van der Waals surface area (Å²) in [5, 5.41) is 0. The number of imide groups is 1. The number of carbonyl (C=O) groups is 2. The zero-order valence-electron chi connectivity index (χ0n) is 20.4. The van der Waals surface area contributed by atoms with Crippen LogP contribution in [0.15, 0.2) is 60.7 Å². The van der Waals surface area contributed by atoms with E-state index in [0.717, 1.165) is 47.3 Å². The number of benzene rings is 3. The molecule has 1 saturated heterocycles. The van der Waals surface area contributed by atoms with Crippen LogP contribution in [0.4, 0.5) is 10.1 Å². The number of halogens is 1. The van der Waals surface area contributed by atoms with E-state index >= 15 is 0 Å². The predicted octanol–water partition coefficient (Wildman–Crippen LogP) is 3.96. The lowest BCUT2D eigenvalue weighted by Crippen LogP contribution is -2.46. The second kappa shape index (κ2) is 9.99. The van der Waals surface area contributed by atoms with Crippen molar-refractivity contribution in [2.75, 3.05) is 45.3 Å². The molecule has 2 aliphatic rings. The van der Waals surface area contributed by atoms with E-state index in [1.54, 1.807) is 44.6 Å². The van der Waals surface area contributed by atoms with E-state index in [-0.39, 0.29) is 18.4 Å². The van der Waals surface area contributed by atoms with Crippen LogP contribution in [-0.4, -0.2) is 62.0 Å². The third-order valence-electron chi connectivity index (χ3n) is 6.86. The lowest BCUT2D eigenvalue weighted by atomic mass is 10.1. The number of anilines is 1. The molecule has 5 rings (SSSR count). The normalized spacial score (nSPS) is 15.9. The van der Waals surface area contributed by atoms with Crippen molar-refractivity contribution in [2.24, 2.45) is 0 Å². The number of nitrogens with zero attached hydrogens (tertiary/aromatic N) is 3. The number of carbonyl (C=O) groups excluding carboxylic acids is 2. The first-order valence-corrected chi connectivity index (χ1v) is 11.9. The number of piperazine rings is 1. The van der Waals surface area contributed by atoms with Gasteiger partial charge >= 0.3 is 0 Å². The Balaban J connectivity index is 1.31. The molecule has 0 atom stereocenters. The Morgan fingerprint density at radius 1 is 0.806 bits per heavy atom. The fourth-order valence-corrected chi connectivity index (χ4v) is 4.91. The molecule has 0 radical (unpaired) electrons. The van der Waals surface area contributed by atoms with E-state index in [1.807, 2.05) is 24.3 Å². The van der Waals surface area contributed by atoms with Crippen molar-refractivity contribution < 1.29 is 23.5 Å². The zero-order valence-corrected chi connectivity index (χ0v) is 20.4. The van der Waals surface area contributed by atoms with Gasteiger partial charge in [-0.05, 0) is 36.4 Å². The van der Waals surface area contributed by atoms with E-state index in [4.69, 9.17) is 9.47 Å². The van der Waals surface area contributed by atoms with Gasteiger partial charge in [-0.15, -0.1) is 0 Å². The summed E-state index contributed by atoms with van der Waals surface area (Å²) >= 11 is 0. The van der Waals surface area contributed by atoms with Crippen molar-refractivity contribution in [3.63, 3.8) is 0 Å². The first kappa shape index (κ1) is 23.8. The van der Waals surface area contributed by atoms with Crippen LogP contribution in [0.5, 0.6) is 11.5 Å². The Morgan fingerprint density at radius 3 is 2.31 bits per heavy atom. The molecule has 3 aromatic carbocycles. The van der Waals surface area contributed by atoms with Gasteiger partial charge in [0.15, 0.2) is 0 Å². The van der Waals surface area contributed by atoms with Crippen LogP contribution in [-0.2, 0) is 13.1 Å². The van der Waals surface area contributed by atoms with E-state index in [0.29, 0.717) is 29.8 Å². The topological polar surface area (TPSA) is 62.3 Å². The van der Waals surface area contributed by atoms with Gasteiger partial charge in [0.25, 0.3) is 11.8 Å². The molecule has 8 heteroatoms. The molecular formula is C28H28FN3O4. The summed E-state index contributed by atoms with van der Waals surface area (Å²) in [5.74, 6) is 0.407. The highest BCUT2D eigenvalue weighted by Crippen LogP contribution is 2.34. The lowest BCUT2D eigenvalue weighted by molar-refractivity contribution is 0.0641. The molecule has 7 nitrogen and oxygen atoms in total. The van der Waals surface area contributed by atoms with Crippen LogP contribution in [0, 0.1) is 5.82 Å². The standard InChI is InChI=1S/C28H28FN3O4/c1-35-21-10-11-25(36-2)20(16-21)17-30-12-14-31(15-13-30)24-9-5-7-22-26(24)28(34)32(27(22)33)18-19-6-3-4-8-23(19)29/h3-11,16H,12-15,17-18H2,1-2H3. The first-order valence-electron chi connectivity index (χ1n) is 11.9. The molecule has 2 aliphatic heterocycles. The summed E-state index contributed by atoms with van der Waals surface area (Å²) in [6, 6.07) is 17.4. The molecule has 3 aromatic rings. The molecule has 186 valence electrons. The molecule has 0 aromatic heterocycles. The Kier molecular flexibility index (Phi) is 6.61. The van der Waals surface area contributed by atoms with Gasteiger partial charge in [0.05, 0.1) is 37.6 Å². The van der Waals surface area contributed by atoms with E-state index < -0.39 is 5.82 Å². The second-order valence-corrected chi connectivity index (χ2v) is 8.93. The van der Waals surface area contributed by atoms with Gasteiger partial charge in [-0.3, -0.25) is 19.4 Å². The minimum atomic E-state index is -0.432. The summed E-state index contributed by atoms with van der Waals surface area (Å²) < 4.78 is 25.1. The Labute approximate surface area is 209 Å². The maximum atomic E-state index is 14.2. The number of rotatable bonds is 7. The number of hydrogen-bond donors (Lipinski definition) is 0. The van der Waals surface area contributed by atoms with Gasteiger partial charge in [0.2, 0.25) is 0 Å². The molecular weight excluding hydrogens is 461 g/mol. The zero-order chi connectivity index (χ0) is 25.2. The molecule has 0 aliphatic carbocycles. The minimum absolute atomic E-state index is 0.0887. The predicted molar refractivity (Wildman–Crippen MR) is 134 cm³/mol. The van der Waals surface area contributed by atoms with E-state index in [1.165, 1.54) is 6.07 Å². The fraction of sp³-hybridized carbons (Fsp3) is 0.286. The van der Waals surface area contributed by atoms with Crippen LogP contribution < -0.4 is 14.4 Å². The fourth-order valence-electron chi connectivity index (χ4n) is 4.91. The van der Waals surface area contributed by atoms with Crippen molar-refractivity contribution in [3.05, 3.63) is 88.7 Å². The number of methoxy groups -OCH3 is 2. The Bertz CT molecular complexity index is 1300. The molecule has 0 bridgehead atoms. The monoisotopic (exact) mass is 489 g/mol. The van der Waals surface area contributed by atoms with Crippen LogP contribution >= 0.6 is 0 Å². The van der Waals surface area contributed by atoms with Gasteiger partial charge in [0.1, 0.15) is 17.3 Å². The molecule has 2 heterocycles. The van der Waals surface area contributed by atoms with Crippen molar-refractivity contribution >= 4 is 17.5 Å². The highest BCUT2D eigenvalue weighted by molar-refractivity contribution is 6.23. The minimum Gasteiger partial charge on any atom is -0.497 e. The number of amides is 2. The van der Waals surface area contributed by atoms with Gasteiger partial charge < -0.3 is 14.4 Å². The van der Waals surface area contributed by atoms with Crippen LogP contribution in [0.25, 0.3) is 0 Å².